The monoisotopic (exact) mass is 202 g/mol. The first-order valence-electron chi connectivity index (χ1n) is 4.90. The average molecular weight is 202 g/mol. The van der Waals surface area contributed by atoms with Crippen LogP contribution in [0.25, 0.3) is 0 Å². The van der Waals surface area contributed by atoms with Crippen LogP contribution in [0.1, 0.15) is 25.5 Å². The van der Waals surface area contributed by atoms with Crippen LogP contribution in [0.4, 0.5) is 0 Å². The van der Waals surface area contributed by atoms with Crippen molar-refractivity contribution in [3.63, 3.8) is 0 Å². The van der Waals surface area contributed by atoms with Crippen LogP contribution in [-0.2, 0) is 4.79 Å². The summed E-state index contributed by atoms with van der Waals surface area (Å²) in [5, 5.41) is 11.4. The van der Waals surface area contributed by atoms with E-state index in [1.165, 1.54) is 0 Å². The number of carbonyl (C=O) groups is 1. The summed E-state index contributed by atoms with van der Waals surface area (Å²) in [6.07, 6.45) is 0. The van der Waals surface area contributed by atoms with E-state index >= 15 is 0 Å². The van der Waals surface area contributed by atoms with Crippen LogP contribution < -0.4 is 5.32 Å². The topological polar surface area (TPSA) is 52.9 Å². The molecule has 1 aromatic rings. The molecule has 2 atom stereocenters. The van der Waals surface area contributed by atoms with Crippen molar-refractivity contribution in [2.24, 2.45) is 5.92 Å². The Hall–Kier alpha value is -1.82. The number of carbonyl (C=O) groups excluding carboxylic acids is 1. The summed E-state index contributed by atoms with van der Waals surface area (Å²) in [5.41, 5.74) is 1.04. The molecule has 78 valence electrons. The van der Waals surface area contributed by atoms with Gasteiger partial charge < -0.3 is 5.32 Å². The van der Waals surface area contributed by atoms with Gasteiger partial charge in [-0.1, -0.05) is 30.3 Å². The Morgan fingerprint density at radius 3 is 2.47 bits per heavy atom. The Kier molecular flexibility index (Phi) is 3.87. The molecule has 0 aliphatic heterocycles. The molecule has 1 N–H and O–H groups in total. The van der Waals surface area contributed by atoms with E-state index in [2.05, 4.69) is 5.32 Å². The van der Waals surface area contributed by atoms with Gasteiger partial charge in [0.2, 0.25) is 5.91 Å². The molecule has 0 aromatic heterocycles. The zero-order valence-electron chi connectivity index (χ0n) is 8.90. The summed E-state index contributed by atoms with van der Waals surface area (Å²) >= 11 is 0. The van der Waals surface area contributed by atoms with Crippen molar-refractivity contribution in [1.82, 2.24) is 5.32 Å². The lowest BCUT2D eigenvalue weighted by molar-refractivity contribution is -0.123. The van der Waals surface area contributed by atoms with Gasteiger partial charge in [0, 0.05) is 0 Å². The molecule has 0 saturated carbocycles. The summed E-state index contributed by atoms with van der Waals surface area (Å²) in [7, 11) is 0. The number of amides is 1. The number of benzene rings is 1. The molecule has 1 aromatic carbocycles. The second-order valence-corrected chi connectivity index (χ2v) is 3.49. The third-order valence-electron chi connectivity index (χ3n) is 2.25. The van der Waals surface area contributed by atoms with Crippen LogP contribution in [0.5, 0.6) is 0 Å². The van der Waals surface area contributed by atoms with Gasteiger partial charge in [0.25, 0.3) is 0 Å². The molecular weight excluding hydrogens is 188 g/mol. The molecule has 0 bridgehead atoms. The smallest absolute Gasteiger partial charge is 0.237 e. The van der Waals surface area contributed by atoms with E-state index in [1.807, 2.05) is 43.3 Å². The fraction of sp³-hybridized carbons (Fsp3) is 0.333. The molecule has 0 aliphatic carbocycles. The number of nitrogens with zero attached hydrogens (tertiary/aromatic N) is 1. The molecule has 3 heteroatoms. The summed E-state index contributed by atoms with van der Waals surface area (Å²) in [6.45, 7) is 3.49. The molecule has 0 radical (unpaired) electrons. The normalized spacial score (nSPS) is 13.7. The van der Waals surface area contributed by atoms with E-state index in [0.29, 0.717) is 0 Å². The standard InChI is InChI=1S/C12H14N2O/c1-9(8-13)12(15)14-10(2)11-6-4-3-5-7-11/h3-7,9-10H,1-2H3,(H,14,15)/t9?,10-/m0/s1. The fourth-order valence-corrected chi connectivity index (χ4v) is 1.22. The SMILES string of the molecule is CC(C#N)C(=O)N[C@@H](C)c1ccccc1. The highest BCUT2D eigenvalue weighted by Gasteiger charge is 2.14. The molecule has 1 amide bonds. The van der Waals surface area contributed by atoms with Gasteiger partial charge in [0.15, 0.2) is 0 Å². The molecular formula is C12H14N2O. The lowest BCUT2D eigenvalue weighted by Gasteiger charge is -2.14. The van der Waals surface area contributed by atoms with E-state index in [-0.39, 0.29) is 11.9 Å². The van der Waals surface area contributed by atoms with E-state index in [9.17, 15) is 4.79 Å². The second-order valence-electron chi connectivity index (χ2n) is 3.49. The number of rotatable bonds is 3. The van der Waals surface area contributed by atoms with Crippen molar-refractivity contribution < 1.29 is 4.79 Å². The van der Waals surface area contributed by atoms with Gasteiger partial charge in [-0.05, 0) is 19.4 Å². The molecule has 0 fully saturated rings. The van der Waals surface area contributed by atoms with E-state index < -0.39 is 5.92 Å². The van der Waals surface area contributed by atoms with Gasteiger partial charge in [-0.25, -0.2) is 0 Å². The Morgan fingerprint density at radius 1 is 1.33 bits per heavy atom. The lowest BCUT2D eigenvalue weighted by Crippen LogP contribution is -2.30. The van der Waals surface area contributed by atoms with Crippen LogP contribution >= 0.6 is 0 Å². The fourth-order valence-electron chi connectivity index (χ4n) is 1.22. The summed E-state index contributed by atoms with van der Waals surface area (Å²) in [6, 6.07) is 11.5. The Balaban J connectivity index is 2.61. The summed E-state index contributed by atoms with van der Waals surface area (Å²) < 4.78 is 0. The van der Waals surface area contributed by atoms with Gasteiger partial charge in [-0.2, -0.15) is 5.26 Å². The maximum atomic E-state index is 11.4. The van der Waals surface area contributed by atoms with Gasteiger partial charge in [-0.3, -0.25) is 4.79 Å². The van der Waals surface area contributed by atoms with Crippen LogP contribution in [0.15, 0.2) is 30.3 Å². The number of hydrogen-bond acceptors (Lipinski definition) is 2. The predicted octanol–water partition coefficient (Wildman–Crippen LogP) is 2.02. The summed E-state index contributed by atoms with van der Waals surface area (Å²) in [4.78, 5) is 11.4. The zero-order valence-corrected chi connectivity index (χ0v) is 8.90. The second kappa shape index (κ2) is 5.16. The first kappa shape index (κ1) is 11.3. The predicted molar refractivity (Wildman–Crippen MR) is 57.8 cm³/mol. The third-order valence-corrected chi connectivity index (χ3v) is 2.25. The van der Waals surface area contributed by atoms with Crippen molar-refractivity contribution >= 4 is 5.91 Å². The molecule has 15 heavy (non-hydrogen) atoms. The first-order chi connectivity index (χ1) is 7.15. The third kappa shape index (κ3) is 3.10. The Bertz CT molecular complexity index is 367. The highest BCUT2D eigenvalue weighted by molar-refractivity contribution is 5.80. The van der Waals surface area contributed by atoms with Crippen molar-refractivity contribution in [3.8, 4) is 6.07 Å². The Morgan fingerprint density at radius 2 is 1.93 bits per heavy atom. The largest absolute Gasteiger partial charge is 0.348 e. The minimum absolute atomic E-state index is 0.0606. The minimum Gasteiger partial charge on any atom is -0.348 e. The van der Waals surface area contributed by atoms with Crippen LogP contribution in [0.3, 0.4) is 0 Å². The number of nitrogens with one attached hydrogen (secondary N) is 1. The highest BCUT2D eigenvalue weighted by atomic mass is 16.1. The maximum absolute atomic E-state index is 11.4. The number of nitriles is 1. The van der Waals surface area contributed by atoms with E-state index in [0.717, 1.165) is 5.56 Å². The van der Waals surface area contributed by atoms with Gasteiger partial charge in [0.05, 0.1) is 12.1 Å². The summed E-state index contributed by atoms with van der Waals surface area (Å²) in [5.74, 6) is -0.829. The van der Waals surface area contributed by atoms with E-state index in [4.69, 9.17) is 5.26 Å². The average Bonchev–Trinajstić information content (AvgIpc) is 2.29. The van der Waals surface area contributed by atoms with Gasteiger partial charge >= 0.3 is 0 Å². The quantitative estimate of drug-likeness (QED) is 0.815. The van der Waals surface area contributed by atoms with Crippen LogP contribution in [0, 0.1) is 17.2 Å². The molecule has 1 rings (SSSR count). The number of hydrogen-bond donors (Lipinski definition) is 1. The maximum Gasteiger partial charge on any atom is 0.237 e. The molecule has 3 nitrogen and oxygen atoms in total. The molecule has 0 saturated heterocycles. The van der Waals surface area contributed by atoms with E-state index in [1.54, 1.807) is 6.92 Å². The van der Waals surface area contributed by atoms with Crippen molar-refractivity contribution in [2.45, 2.75) is 19.9 Å². The molecule has 0 spiro atoms. The van der Waals surface area contributed by atoms with Crippen molar-refractivity contribution in [1.29, 1.82) is 5.26 Å². The van der Waals surface area contributed by atoms with Crippen LogP contribution in [-0.4, -0.2) is 5.91 Å². The van der Waals surface area contributed by atoms with Gasteiger partial charge in [0.1, 0.15) is 5.92 Å². The van der Waals surface area contributed by atoms with Crippen LogP contribution in [0.2, 0.25) is 0 Å². The molecule has 0 heterocycles. The highest BCUT2D eigenvalue weighted by Crippen LogP contribution is 2.11. The minimum atomic E-state index is -0.601. The lowest BCUT2D eigenvalue weighted by atomic mass is 10.1. The zero-order chi connectivity index (χ0) is 11.3. The van der Waals surface area contributed by atoms with Crippen molar-refractivity contribution in [2.75, 3.05) is 0 Å². The Labute approximate surface area is 89.7 Å². The van der Waals surface area contributed by atoms with Crippen molar-refractivity contribution in [3.05, 3.63) is 35.9 Å². The van der Waals surface area contributed by atoms with Gasteiger partial charge in [-0.15, -0.1) is 0 Å². The molecule has 1 unspecified atom stereocenters. The first-order valence-corrected chi connectivity index (χ1v) is 4.90. The molecule has 0 aliphatic rings.